The number of nitrogen functional groups attached to an aromatic ring is 1. The van der Waals surface area contributed by atoms with Crippen molar-refractivity contribution in [2.45, 2.75) is 18.9 Å². The van der Waals surface area contributed by atoms with E-state index in [2.05, 4.69) is 37.8 Å². The first-order chi connectivity index (χ1) is 12.5. The largest absolute Gasteiger partial charge is 0.371 e. The first kappa shape index (κ1) is 16.5. The summed E-state index contributed by atoms with van der Waals surface area (Å²) < 4.78 is 0. The van der Waals surface area contributed by atoms with Crippen LogP contribution in [0.3, 0.4) is 0 Å². The number of fused-ring (bicyclic) bond motifs is 1. The number of hydrogen-bond donors (Lipinski definition) is 2. The summed E-state index contributed by atoms with van der Waals surface area (Å²) in [6.07, 6.45) is 4.26. The fourth-order valence-electron chi connectivity index (χ4n) is 2.92. The van der Waals surface area contributed by atoms with E-state index in [9.17, 15) is 5.11 Å². The van der Waals surface area contributed by atoms with Crippen molar-refractivity contribution in [2.75, 3.05) is 17.2 Å². The van der Waals surface area contributed by atoms with Gasteiger partial charge in [0.05, 0.1) is 0 Å². The summed E-state index contributed by atoms with van der Waals surface area (Å²) in [6, 6.07) is 7.91. The van der Waals surface area contributed by atoms with Crippen LogP contribution in [0, 0.1) is 11.8 Å². The Bertz CT molecular complexity index is 1000. The smallest absolute Gasteiger partial charge is 0.221 e. The number of thiazole rings is 1. The zero-order chi connectivity index (χ0) is 18.1. The maximum Gasteiger partial charge on any atom is 0.221 e. The van der Waals surface area contributed by atoms with Crippen molar-refractivity contribution in [1.29, 1.82) is 0 Å². The van der Waals surface area contributed by atoms with Crippen LogP contribution in [-0.4, -0.2) is 26.6 Å². The van der Waals surface area contributed by atoms with Crippen molar-refractivity contribution < 1.29 is 5.11 Å². The third-order valence-electron chi connectivity index (χ3n) is 4.22. The molecular formula is C19H17N5OS. The number of rotatable bonds is 2. The van der Waals surface area contributed by atoms with Crippen LogP contribution in [0.1, 0.15) is 23.1 Å². The summed E-state index contributed by atoms with van der Waals surface area (Å²) in [6.45, 7) is 2.49. The van der Waals surface area contributed by atoms with E-state index in [0.29, 0.717) is 5.01 Å². The Balaban J connectivity index is 1.66. The summed E-state index contributed by atoms with van der Waals surface area (Å²) >= 11 is 1.39. The molecule has 6 nitrogen and oxygen atoms in total. The van der Waals surface area contributed by atoms with E-state index in [-0.39, 0.29) is 5.95 Å². The lowest BCUT2D eigenvalue weighted by molar-refractivity contribution is 0.122. The Morgan fingerprint density at radius 2 is 2.15 bits per heavy atom. The summed E-state index contributed by atoms with van der Waals surface area (Å²) in [7, 11) is 0. The molecule has 0 unspecified atom stereocenters. The molecule has 2 aromatic heterocycles. The van der Waals surface area contributed by atoms with E-state index in [0.717, 1.165) is 30.0 Å². The molecule has 0 bridgehead atoms. The Kier molecular flexibility index (Phi) is 4.07. The number of aliphatic hydroxyl groups is 1. The molecule has 0 saturated carbocycles. The van der Waals surface area contributed by atoms with Crippen LogP contribution in [0.5, 0.6) is 0 Å². The van der Waals surface area contributed by atoms with Gasteiger partial charge in [-0.15, -0.1) is 11.3 Å². The first-order valence-corrected chi connectivity index (χ1v) is 9.05. The predicted octanol–water partition coefficient (Wildman–Crippen LogP) is 2.47. The standard InChI is InChI=1S/C19H17N5OS/c1-19(25,17-21-9-11-26-17)7-4-13-2-3-14-6-10-24(15(14)12-13)16-5-8-22-18(20)23-16/h2-3,5,8-9,11-12,25H,6,10H2,1H3,(H2,20,22,23)/t19-/m1/s1. The number of aromatic nitrogens is 3. The summed E-state index contributed by atoms with van der Waals surface area (Å²) in [5, 5.41) is 12.9. The minimum absolute atomic E-state index is 0.256. The van der Waals surface area contributed by atoms with Gasteiger partial charge in [-0.1, -0.05) is 17.9 Å². The highest BCUT2D eigenvalue weighted by Gasteiger charge is 2.24. The predicted molar refractivity (Wildman–Crippen MR) is 102 cm³/mol. The monoisotopic (exact) mass is 363 g/mol. The lowest BCUT2D eigenvalue weighted by Crippen LogP contribution is -2.18. The molecule has 1 atom stereocenters. The Labute approximate surface area is 155 Å². The van der Waals surface area contributed by atoms with E-state index in [4.69, 9.17) is 5.73 Å². The van der Waals surface area contributed by atoms with E-state index in [1.807, 2.05) is 23.6 Å². The normalized spacial score (nSPS) is 15.1. The van der Waals surface area contributed by atoms with Gasteiger partial charge < -0.3 is 15.7 Å². The lowest BCUT2D eigenvalue weighted by atomic mass is 10.1. The Hall–Kier alpha value is -2.95. The van der Waals surface area contributed by atoms with E-state index >= 15 is 0 Å². The molecule has 7 heteroatoms. The Morgan fingerprint density at radius 1 is 1.27 bits per heavy atom. The number of benzene rings is 1. The minimum Gasteiger partial charge on any atom is -0.371 e. The van der Waals surface area contributed by atoms with E-state index < -0.39 is 5.60 Å². The van der Waals surface area contributed by atoms with Crippen LogP contribution in [0.15, 0.2) is 42.0 Å². The van der Waals surface area contributed by atoms with Gasteiger partial charge in [0.1, 0.15) is 10.8 Å². The zero-order valence-electron chi connectivity index (χ0n) is 14.2. The number of anilines is 3. The molecule has 0 fully saturated rings. The molecule has 3 aromatic rings. The highest BCUT2D eigenvalue weighted by molar-refractivity contribution is 7.09. The number of nitrogens with two attached hydrogens (primary N) is 1. The van der Waals surface area contributed by atoms with Crippen LogP contribution < -0.4 is 10.6 Å². The highest BCUT2D eigenvalue weighted by atomic mass is 32.1. The molecule has 0 spiro atoms. The highest BCUT2D eigenvalue weighted by Crippen LogP contribution is 2.34. The fourth-order valence-corrected chi connectivity index (χ4v) is 3.57. The molecule has 4 rings (SSSR count). The molecule has 0 aliphatic carbocycles. The lowest BCUT2D eigenvalue weighted by Gasteiger charge is -2.18. The van der Waals surface area contributed by atoms with Gasteiger partial charge in [-0.3, -0.25) is 0 Å². The van der Waals surface area contributed by atoms with Gasteiger partial charge in [0, 0.05) is 35.6 Å². The van der Waals surface area contributed by atoms with Gasteiger partial charge in [-0.05, 0) is 37.1 Å². The van der Waals surface area contributed by atoms with Crippen LogP contribution in [0.4, 0.5) is 17.5 Å². The fraction of sp³-hybridized carbons (Fsp3) is 0.211. The topological polar surface area (TPSA) is 88.2 Å². The SMILES string of the molecule is C[C@@](O)(C#Cc1ccc2c(c1)N(c1ccnc(N)n1)CC2)c1nccs1. The molecular weight excluding hydrogens is 346 g/mol. The number of nitrogens with zero attached hydrogens (tertiary/aromatic N) is 4. The quantitative estimate of drug-likeness (QED) is 0.680. The molecule has 0 saturated heterocycles. The van der Waals surface area contributed by atoms with Crippen molar-refractivity contribution in [1.82, 2.24) is 15.0 Å². The van der Waals surface area contributed by atoms with E-state index in [1.54, 1.807) is 19.3 Å². The van der Waals surface area contributed by atoms with Crippen LogP contribution in [-0.2, 0) is 12.0 Å². The molecule has 26 heavy (non-hydrogen) atoms. The van der Waals surface area contributed by atoms with Gasteiger partial charge in [-0.2, -0.15) is 4.98 Å². The molecule has 3 heterocycles. The summed E-state index contributed by atoms with van der Waals surface area (Å²) in [4.78, 5) is 14.5. The second-order valence-electron chi connectivity index (χ2n) is 6.18. The van der Waals surface area contributed by atoms with Gasteiger partial charge in [0.25, 0.3) is 0 Å². The average Bonchev–Trinajstić information content (AvgIpc) is 3.30. The molecule has 130 valence electrons. The molecule has 1 aromatic carbocycles. The van der Waals surface area contributed by atoms with Crippen molar-refractivity contribution in [3.63, 3.8) is 0 Å². The average molecular weight is 363 g/mol. The summed E-state index contributed by atoms with van der Waals surface area (Å²) in [5.41, 5.74) is 7.57. The van der Waals surface area contributed by atoms with Crippen LogP contribution in [0.2, 0.25) is 0 Å². The first-order valence-electron chi connectivity index (χ1n) is 8.17. The van der Waals surface area contributed by atoms with Gasteiger partial charge in [0.15, 0.2) is 5.60 Å². The van der Waals surface area contributed by atoms with Gasteiger partial charge >= 0.3 is 0 Å². The Morgan fingerprint density at radius 3 is 2.92 bits per heavy atom. The van der Waals surface area contributed by atoms with Gasteiger partial charge in [0.2, 0.25) is 5.95 Å². The molecule has 3 N–H and O–H groups in total. The van der Waals surface area contributed by atoms with Crippen LogP contribution in [0.25, 0.3) is 0 Å². The van der Waals surface area contributed by atoms with Crippen molar-refractivity contribution in [3.05, 3.63) is 58.2 Å². The minimum atomic E-state index is -1.27. The molecule has 0 radical (unpaired) electrons. The maximum absolute atomic E-state index is 10.5. The molecule has 1 aliphatic heterocycles. The zero-order valence-corrected chi connectivity index (χ0v) is 15.0. The summed E-state index contributed by atoms with van der Waals surface area (Å²) in [5.74, 6) is 7.02. The number of hydrogen-bond acceptors (Lipinski definition) is 7. The van der Waals surface area contributed by atoms with Crippen molar-refractivity contribution >= 4 is 28.8 Å². The third kappa shape index (κ3) is 3.12. The third-order valence-corrected chi connectivity index (χ3v) is 5.20. The molecule has 1 aliphatic rings. The van der Waals surface area contributed by atoms with Crippen molar-refractivity contribution in [3.8, 4) is 11.8 Å². The van der Waals surface area contributed by atoms with Crippen molar-refractivity contribution in [2.24, 2.45) is 0 Å². The molecule has 0 amide bonds. The maximum atomic E-state index is 10.5. The van der Waals surface area contributed by atoms with Crippen LogP contribution >= 0.6 is 11.3 Å². The second kappa shape index (κ2) is 6.41. The second-order valence-corrected chi connectivity index (χ2v) is 7.07. The van der Waals surface area contributed by atoms with Gasteiger partial charge in [-0.25, -0.2) is 9.97 Å². The van der Waals surface area contributed by atoms with E-state index in [1.165, 1.54) is 16.9 Å².